The monoisotopic (exact) mass is 797 g/mol. The van der Waals surface area contributed by atoms with Gasteiger partial charge in [0.2, 0.25) is 11.9 Å². The van der Waals surface area contributed by atoms with Crippen LogP contribution in [0.4, 0.5) is 25.1 Å². The van der Waals surface area contributed by atoms with Crippen molar-refractivity contribution in [3.8, 4) is 0 Å². The number of carbonyl (C=O) groups excluding carboxylic acids is 4. The lowest BCUT2D eigenvalue weighted by molar-refractivity contribution is 0.108. The summed E-state index contributed by atoms with van der Waals surface area (Å²) in [5.41, 5.74) is 1.48. The number of allylic oxidation sites excluding steroid dienone is 2. The van der Waals surface area contributed by atoms with Gasteiger partial charge in [-0.15, -0.1) is 0 Å². The maximum atomic E-state index is 12.1. The first-order valence-corrected chi connectivity index (χ1v) is 19.7. The molecule has 0 aliphatic carbocycles. The molecule has 0 saturated carbocycles. The van der Waals surface area contributed by atoms with E-state index in [1.807, 2.05) is 0 Å². The molecule has 22 heteroatoms. The van der Waals surface area contributed by atoms with Crippen molar-refractivity contribution in [2.45, 2.75) is 65.2 Å². The predicted molar refractivity (Wildman–Crippen MR) is 205 cm³/mol. The topological polar surface area (TPSA) is 287 Å². The molecule has 1 aromatic heterocycles. The summed E-state index contributed by atoms with van der Waals surface area (Å²) in [6, 6.07) is 0.454. The minimum atomic E-state index is -4.24. The van der Waals surface area contributed by atoms with Crippen molar-refractivity contribution in [1.29, 1.82) is 0 Å². The number of urea groups is 2. The molecule has 1 aliphatic heterocycles. The summed E-state index contributed by atoms with van der Waals surface area (Å²) in [5, 5.41) is 18.7. The zero-order valence-corrected chi connectivity index (χ0v) is 32.3. The first-order valence-electron chi connectivity index (χ1n) is 18.1. The molecule has 0 aromatic carbocycles. The van der Waals surface area contributed by atoms with E-state index in [0.29, 0.717) is 62.8 Å². The number of guanidine groups is 1. The summed E-state index contributed by atoms with van der Waals surface area (Å²) in [7, 11) is -4.24. The molecule has 55 heavy (non-hydrogen) atoms. The minimum absolute atomic E-state index is 0.0614. The lowest BCUT2D eigenvalue weighted by Crippen LogP contribution is -2.46. The molecule has 1 aromatic rings. The average Bonchev–Trinajstić information content (AvgIpc) is 3.08. The van der Waals surface area contributed by atoms with Crippen LogP contribution in [0.2, 0.25) is 0 Å². The highest BCUT2D eigenvalue weighted by atomic mass is 32.2. The standard InChI is InChI=1S/C33H55N11O10S/c1-24-22-25(2)39-28(38-24)42-30(46)34-12-8-4-6-10-14-36-32(48)53-19-16-44(18-21-55(50,51)52)17-20-54-33(49)37-15-11-7-5-9-13-35-31(47)43-29-40-26(3)23-27(45)41-29/h22-23H,1,4-21H2,2-3H3,(H,36,48)(H,37,49)(H,50,51,52)(H3,34,38,39,42,46)(H3,35,40,41,43,45,47). The quantitative estimate of drug-likeness (QED) is 0.0532. The second-order valence-electron chi connectivity index (χ2n) is 12.5. The smallest absolute Gasteiger partial charge is 0.407 e. The predicted octanol–water partition coefficient (Wildman–Crippen LogP) is 1.64. The molecular weight excluding hydrogens is 742 g/mol. The molecule has 0 bridgehead atoms. The number of nitrogens with zero attached hydrogens (tertiary/aromatic N) is 3. The number of rotatable bonds is 24. The van der Waals surface area contributed by atoms with Crippen molar-refractivity contribution in [1.82, 2.24) is 46.8 Å². The van der Waals surface area contributed by atoms with Gasteiger partial charge in [0.1, 0.15) is 13.2 Å². The number of hydrogen-bond acceptors (Lipinski definition) is 13. The fourth-order valence-corrected chi connectivity index (χ4v) is 5.38. The Bertz CT molecular complexity index is 1650. The Morgan fingerprint density at radius 3 is 1.80 bits per heavy atom. The lowest BCUT2D eigenvalue weighted by atomic mass is 10.2. The molecule has 9 N–H and O–H groups in total. The summed E-state index contributed by atoms with van der Waals surface area (Å²) in [5.74, 6) is -0.167. The number of alkyl carbamates (subject to hydrolysis) is 2. The van der Waals surface area contributed by atoms with E-state index in [1.165, 1.54) is 6.07 Å². The highest BCUT2D eigenvalue weighted by molar-refractivity contribution is 7.85. The molecule has 2 rings (SSSR count). The Labute approximate surface area is 320 Å². The molecule has 0 unspecified atom stereocenters. The maximum Gasteiger partial charge on any atom is 0.407 e. The minimum Gasteiger partial charge on any atom is -0.448 e. The molecule has 0 spiro atoms. The number of carbonyl (C=O) groups is 4. The van der Waals surface area contributed by atoms with E-state index >= 15 is 0 Å². The number of ether oxygens (including phenoxy) is 2. The Kier molecular flexibility index (Phi) is 21.5. The summed E-state index contributed by atoms with van der Waals surface area (Å²) in [6.45, 7) is 8.96. The number of amides is 6. The van der Waals surface area contributed by atoms with Gasteiger partial charge in [-0.1, -0.05) is 32.3 Å². The van der Waals surface area contributed by atoms with Crippen molar-refractivity contribution in [2.75, 3.05) is 70.1 Å². The van der Waals surface area contributed by atoms with Gasteiger partial charge in [-0.25, -0.2) is 29.2 Å². The number of H-pyrrole nitrogens is 1. The van der Waals surface area contributed by atoms with Gasteiger partial charge in [-0.2, -0.15) is 8.42 Å². The normalized spacial score (nSPS) is 12.5. The third kappa shape index (κ3) is 23.9. The first-order chi connectivity index (χ1) is 26.2. The molecule has 2 heterocycles. The molecule has 6 amide bonds. The van der Waals surface area contributed by atoms with Crippen molar-refractivity contribution in [3.05, 3.63) is 46.2 Å². The number of hydrogen-bond donors (Lipinski definition) is 9. The Morgan fingerprint density at radius 1 is 0.800 bits per heavy atom. The summed E-state index contributed by atoms with van der Waals surface area (Å²) in [4.78, 5) is 71.8. The van der Waals surface area contributed by atoms with Crippen LogP contribution in [0, 0.1) is 6.92 Å². The number of nitrogens with one attached hydrogen (secondary N) is 8. The second-order valence-corrected chi connectivity index (χ2v) is 14.0. The molecular formula is C33H55N11O10S. The van der Waals surface area contributed by atoms with Crippen LogP contribution in [0.3, 0.4) is 0 Å². The molecule has 0 fully saturated rings. The van der Waals surface area contributed by atoms with Crippen LogP contribution < -0.4 is 42.8 Å². The van der Waals surface area contributed by atoms with Gasteiger partial charge >= 0.3 is 24.2 Å². The van der Waals surface area contributed by atoms with Crippen molar-refractivity contribution >= 4 is 46.3 Å². The van der Waals surface area contributed by atoms with Crippen LogP contribution in [0.25, 0.3) is 0 Å². The highest BCUT2D eigenvalue weighted by Gasteiger charge is 2.14. The van der Waals surface area contributed by atoms with Crippen LogP contribution >= 0.6 is 0 Å². The number of aliphatic imine (C=N–C) groups is 1. The number of unbranched alkanes of at least 4 members (excludes halogenated alkanes) is 6. The number of aryl methyl sites for hydroxylation is 1. The molecule has 0 radical (unpaired) electrons. The summed E-state index contributed by atoms with van der Waals surface area (Å²) in [6.07, 6.45) is 6.55. The van der Waals surface area contributed by atoms with E-state index < -0.39 is 34.1 Å². The maximum absolute atomic E-state index is 12.1. The Morgan fingerprint density at radius 2 is 1.31 bits per heavy atom. The van der Waals surface area contributed by atoms with E-state index in [2.05, 4.69) is 58.8 Å². The average molecular weight is 798 g/mol. The van der Waals surface area contributed by atoms with Crippen molar-refractivity contribution in [3.63, 3.8) is 0 Å². The zero-order chi connectivity index (χ0) is 40.5. The van der Waals surface area contributed by atoms with Crippen LogP contribution in [0.15, 0.2) is 39.9 Å². The second kappa shape index (κ2) is 25.7. The fraction of sp³-hybridized carbons (Fsp3) is 0.606. The van der Waals surface area contributed by atoms with Gasteiger partial charge in [-0.3, -0.25) is 29.9 Å². The van der Waals surface area contributed by atoms with Crippen molar-refractivity contribution < 1.29 is 41.6 Å². The Hall–Kier alpha value is -5.22. The van der Waals surface area contributed by atoms with Gasteiger partial charge in [0.05, 0.1) is 5.75 Å². The van der Waals surface area contributed by atoms with Gasteiger partial charge in [0.15, 0.2) is 0 Å². The molecule has 0 atom stereocenters. The Balaban J connectivity index is 1.49. The third-order valence-corrected chi connectivity index (χ3v) is 8.25. The van der Waals surface area contributed by atoms with Crippen LogP contribution in [0.1, 0.15) is 64.0 Å². The molecule has 0 saturated heterocycles. The zero-order valence-electron chi connectivity index (χ0n) is 31.5. The third-order valence-electron chi connectivity index (χ3n) is 7.55. The van der Waals surface area contributed by atoms with Gasteiger partial charge in [0.25, 0.3) is 15.7 Å². The molecule has 1 aliphatic rings. The SMILES string of the molecule is C=C1C=C(C)N=C(NC(=O)NCCCCCCNC(=O)OCCN(CCOC(=O)NCCCCCCNC(=O)Nc2nc(C)cc(=O)[nH]2)CCS(=O)(=O)O)N1. The van der Waals surface area contributed by atoms with Crippen molar-refractivity contribution in [2.24, 2.45) is 4.99 Å². The van der Waals surface area contributed by atoms with E-state index in [-0.39, 0.29) is 50.4 Å². The largest absolute Gasteiger partial charge is 0.448 e. The van der Waals surface area contributed by atoms with Gasteiger partial charge in [0, 0.05) is 69.0 Å². The lowest BCUT2D eigenvalue weighted by Gasteiger charge is -2.21. The number of aromatic nitrogens is 2. The highest BCUT2D eigenvalue weighted by Crippen LogP contribution is 2.05. The van der Waals surface area contributed by atoms with E-state index in [4.69, 9.17) is 14.0 Å². The van der Waals surface area contributed by atoms with Crippen LogP contribution in [0.5, 0.6) is 0 Å². The van der Waals surface area contributed by atoms with Gasteiger partial charge in [-0.05, 0) is 45.6 Å². The summed E-state index contributed by atoms with van der Waals surface area (Å²) >= 11 is 0. The number of aromatic amines is 1. The summed E-state index contributed by atoms with van der Waals surface area (Å²) < 4.78 is 42.1. The van der Waals surface area contributed by atoms with E-state index in [0.717, 1.165) is 37.8 Å². The van der Waals surface area contributed by atoms with E-state index in [1.54, 1.807) is 24.8 Å². The molecule has 21 nitrogen and oxygen atoms in total. The first kappa shape index (κ1) is 45.9. The molecule has 308 valence electrons. The number of anilines is 1. The fourth-order valence-electron chi connectivity index (χ4n) is 4.89. The van der Waals surface area contributed by atoms with Crippen LogP contribution in [-0.4, -0.2) is 123 Å². The van der Waals surface area contributed by atoms with Crippen LogP contribution in [-0.2, 0) is 19.6 Å². The van der Waals surface area contributed by atoms with Gasteiger partial charge < -0.3 is 36.1 Å². The van der Waals surface area contributed by atoms with E-state index in [9.17, 15) is 32.4 Å².